The van der Waals surface area contributed by atoms with Gasteiger partial charge in [-0.2, -0.15) is 0 Å². The number of methoxy groups -OCH3 is 1. The Kier molecular flexibility index (Phi) is 4.10. The highest BCUT2D eigenvalue weighted by Gasteiger charge is 2.15. The van der Waals surface area contributed by atoms with Gasteiger partial charge in [-0.3, -0.25) is 4.79 Å². The van der Waals surface area contributed by atoms with Crippen LogP contribution in [0.4, 0.5) is 0 Å². The van der Waals surface area contributed by atoms with Crippen molar-refractivity contribution in [3.8, 4) is 11.5 Å². The Morgan fingerprint density at radius 3 is 2.73 bits per heavy atom. The fourth-order valence-corrected chi connectivity index (χ4v) is 2.42. The molecule has 2 aromatic carbocycles. The number of rotatable bonds is 5. The molecule has 0 unspecified atom stereocenters. The van der Waals surface area contributed by atoms with E-state index in [1.165, 1.54) is 0 Å². The number of hydrogen-bond acceptors (Lipinski definition) is 3. The quantitative estimate of drug-likeness (QED) is 0.795. The van der Waals surface area contributed by atoms with Gasteiger partial charge in [0.25, 0.3) is 0 Å². The molecule has 112 valence electrons. The van der Waals surface area contributed by atoms with Gasteiger partial charge in [-0.05, 0) is 34.9 Å². The van der Waals surface area contributed by atoms with Crippen molar-refractivity contribution in [3.05, 3.63) is 65.4 Å². The minimum atomic E-state index is 0.486. The van der Waals surface area contributed by atoms with Crippen molar-refractivity contribution in [2.75, 3.05) is 7.11 Å². The summed E-state index contributed by atoms with van der Waals surface area (Å²) in [4.78, 5) is 12.5. The van der Waals surface area contributed by atoms with Gasteiger partial charge in [-0.1, -0.05) is 30.3 Å². The maximum atomic E-state index is 10.9. The zero-order valence-electron chi connectivity index (χ0n) is 12.4. The molecule has 0 aliphatic carbocycles. The highest BCUT2D eigenvalue weighted by Crippen LogP contribution is 2.34. The molecular weight excluding hydrogens is 278 g/mol. The molecule has 0 spiro atoms. The molecule has 1 amide bonds. The zero-order chi connectivity index (χ0) is 15.4. The summed E-state index contributed by atoms with van der Waals surface area (Å²) < 4.78 is 11.3. The van der Waals surface area contributed by atoms with Gasteiger partial charge in [0, 0.05) is 6.20 Å². The Hall–Kier alpha value is -2.75. The first-order chi connectivity index (χ1) is 10.8. The second-order valence-corrected chi connectivity index (χ2v) is 5.07. The molecule has 0 atom stereocenters. The van der Waals surface area contributed by atoms with Gasteiger partial charge in [-0.25, -0.2) is 0 Å². The predicted octanol–water partition coefficient (Wildman–Crippen LogP) is 3.22. The smallest absolute Gasteiger partial charge is 0.213 e. The molecule has 2 aromatic rings. The summed E-state index contributed by atoms with van der Waals surface area (Å²) in [7, 11) is 1.62. The first-order valence-corrected chi connectivity index (χ1v) is 7.07. The number of nitrogens with zero attached hydrogens (tertiary/aromatic N) is 1. The van der Waals surface area contributed by atoms with Crippen molar-refractivity contribution < 1.29 is 14.3 Å². The molecule has 0 saturated heterocycles. The fourth-order valence-electron chi connectivity index (χ4n) is 2.42. The normalized spacial score (nSPS) is 12.7. The molecule has 0 saturated carbocycles. The van der Waals surface area contributed by atoms with E-state index < -0.39 is 0 Å². The highest BCUT2D eigenvalue weighted by molar-refractivity contribution is 5.65. The van der Waals surface area contributed by atoms with Crippen LogP contribution in [0.15, 0.2) is 48.7 Å². The number of amides is 1. The second-order valence-electron chi connectivity index (χ2n) is 5.07. The maximum Gasteiger partial charge on any atom is 0.213 e. The Morgan fingerprint density at radius 1 is 1.18 bits per heavy atom. The topological polar surface area (TPSA) is 38.8 Å². The molecule has 0 radical (unpaired) electrons. The van der Waals surface area contributed by atoms with E-state index in [0.717, 1.165) is 23.1 Å². The van der Waals surface area contributed by atoms with E-state index in [1.54, 1.807) is 18.2 Å². The molecular formula is C18H17NO3. The molecule has 0 N–H and O–H groups in total. The lowest BCUT2D eigenvalue weighted by Gasteiger charge is -2.21. The van der Waals surface area contributed by atoms with E-state index in [4.69, 9.17) is 9.47 Å². The first kappa shape index (κ1) is 14.2. The third-order valence-corrected chi connectivity index (χ3v) is 3.60. The number of fused-ring (bicyclic) bond motifs is 1. The predicted molar refractivity (Wildman–Crippen MR) is 84.4 cm³/mol. The van der Waals surface area contributed by atoms with Crippen molar-refractivity contribution in [3.63, 3.8) is 0 Å². The SMILES string of the molecule is COc1cc2c(cc1OCc1ccccc1)C=CN(C=O)C2. The van der Waals surface area contributed by atoms with Gasteiger partial charge < -0.3 is 14.4 Å². The van der Waals surface area contributed by atoms with Crippen molar-refractivity contribution in [1.29, 1.82) is 0 Å². The number of hydrogen-bond donors (Lipinski definition) is 0. The molecule has 1 aliphatic heterocycles. The summed E-state index contributed by atoms with van der Waals surface area (Å²) in [6.07, 6.45) is 4.48. The Morgan fingerprint density at radius 2 is 2.00 bits per heavy atom. The lowest BCUT2D eigenvalue weighted by molar-refractivity contribution is -0.116. The lowest BCUT2D eigenvalue weighted by atomic mass is 10.0. The summed E-state index contributed by atoms with van der Waals surface area (Å²) in [5.41, 5.74) is 3.19. The van der Waals surface area contributed by atoms with E-state index in [0.29, 0.717) is 24.7 Å². The van der Waals surface area contributed by atoms with Gasteiger partial charge in [0.15, 0.2) is 11.5 Å². The molecule has 4 heteroatoms. The van der Waals surface area contributed by atoms with Crippen LogP contribution in [-0.4, -0.2) is 18.4 Å². The summed E-state index contributed by atoms with van der Waals surface area (Å²) >= 11 is 0. The van der Waals surface area contributed by atoms with Crippen LogP contribution in [0.3, 0.4) is 0 Å². The largest absolute Gasteiger partial charge is 0.493 e. The Labute approximate surface area is 129 Å². The molecule has 0 bridgehead atoms. The van der Waals surface area contributed by atoms with Crippen LogP contribution in [0, 0.1) is 0 Å². The van der Waals surface area contributed by atoms with Crippen LogP contribution < -0.4 is 9.47 Å². The Balaban J connectivity index is 1.83. The van der Waals surface area contributed by atoms with Crippen LogP contribution in [0.5, 0.6) is 11.5 Å². The molecule has 0 aromatic heterocycles. The van der Waals surface area contributed by atoms with Gasteiger partial charge in [0.2, 0.25) is 6.41 Å². The minimum Gasteiger partial charge on any atom is -0.493 e. The average Bonchev–Trinajstić information content (AvgIpc) is 2.59. The maximum absolute atomic E-state index is 10.9. The van der Waals surface area contributed by atoms with E-state index in [2.05, 4.69) is 0 Å². The van der Waals surface area contributed by atoms with Crippen LogP contribution in [0.2, 0.25) is 0 Å². The monoisotopic (exact) mass is 295 g/mol. The lowest BCUT2D eigenvalue weighted by Crippen LogP contribution is -2.18. The van der Waals surface area contributed by atoms with Crippen molar-refractivity contribution in [1.82, 2.24) is 4.90 Å². The molecule has 4 nitrogen and oxygen atoms in total. The van der Waals surface area contributed by atoms with Crippen LogP contribution in [0.25, 0.3) is 6.08 Å². The third-order valence-electron chi connectivity index (χ3n) is 3.60. The van der Waals surface area contributed by atoms with Crippen LogP contribution in [0.1, 0.15) is 16.7 Å². The molecule has 1 heterocycles. The molecule has 3 rings (SSSR count). The van der Waals surface area contributed by atoms with E-state index in [-0.39, 0.29) is 0 Å². The number of carbonyl (C=O) groups excluding carboxylic acids is 1. The fraction of sp³-hybridized carbons (Fsp3) is 0.167. The van der Waals surface area contributed by atoms with E-state index >= 15 is 0 Å². The third kappa shape index (κ3) is 2.96. The highest BCUT2D eigenvalue weighted by atomic mass is 16.5. The standard InChI is InChI=1S/C18H17NO3/c1-21-17-10-16-11-19(13-20)8-7-15(16)9-18(17)22-12-14-5-3-2-4-6-14/h2-10,13H,11-12H2,1H3. The van der Waals surface area contributed by atoms with Crippen molar-refractivity contribution >= 4 is 12.5 Å². The Bertz CT molecular complexity index is 695. The first-order valence-electron chi connectivity index (χ1n) is 7.07. The molecule has 22 heavy (non-hydrogen) atoms. The average molecular weight is 295 g/mol. The van der Waals surface area contributed by atoms with E-state index in [9.17, 15) is 4.79 Å². The number of carbonyl (C=O) groups is 1. The second kappa shape index (κ2) is 6.35. The van der Waals surface area contributed by atoms with E-state index in [1.807, 2.05) is 48.5 Å². The van der Waals surface area contributed by atoms with Gasteiger partial charge in [0.1, 0.15) is 6.61 Å². The van der Waals surface area contributed by atoms with Gasteiger partial charge in [0.05, 0.1) is 13.7 Å². The van der Waals surface area contributed by atoms with Crippen LogP contribution in [-0.2, 0) is 17.9 Å². The summed E-state index contributed by atoms with van der Waals surface area (Å²) in [5, 5.41) is 0. The summed E-state index contributed by atoms with van der Waals surface area (Å²) in [5.74, 6) is 1.38. The van der Waals surface area contributed by atoms with Gasteiger partial charge in [-0.15, -0.1) is 0 Å². The molecule has 0 fully saturated rings. The van der Waals surface area contributed by atoms with Crippen molar-refractivity contribution in [2.45, 2.75) is 13.2 Å². The summed E-state index contributed by atoms with van der Waals surface area (Å²) in [6, 6.07) is 13.9. The van der Waals surface area contributed by atoms with Gasteiger partial charge >= 0.3 is 0 Å². The molecule has 1 aliphatic rings. The van der Waals surface area contributed by atoms with Crippen LogP contribution >= 0.6 is 0 Å². The minimum absolute atomic E-state index is 0.486. The zero-order valence-corrected chi connectivity index (χ0v) is 12.4. The summed E-state index contributed by atoms with van der Waals surface area (Å²) in [6.45, 7) is 1.03. The number of ether oxygens (including phenoxy) is 2. The van der Waals surface area contributed by atoms with Crippen molar-refractivity contribution in [2.24, 2.45) is 0 Å². The number of benzene rings is 2.